The molecule has 2 unspecified atom stereocenters. The van der Waals surface area contributed by atoms with Crippen molar-refractivity contribution in [3.8, 4) is 0 Å². The van der Waals surface area contributed by atoms with E-state index in [2.05, 4.69) is 10.6 Å². The highest BCUT2D eigenvalue weighted by molar-refractivity contribution is 7.07. The molecule has 3 N–H and O–H groups in total. The number of carbonyl (C=O) groups is 2. The second-order valence-electron chi connectivity index (χ2n) is 5.07. The van der Waals surface area contributed by atoms with Crippen LogP contribution in [0.15, 0.2) is 16.8 Å². The Morgan fingerprint density at radius 2 is 2.40 bits per heavy atom. The monoisotopic (exact) mass is 298 g/mol. The topological polar surface area (TPSA) is 87.7 Å². The number of hydrogen-bond donors (Lipinski definition) is 3. The van der Waals surface area contributed by atoms with Gasteiger partial charge in [-0.15, -0.1) is 0 Å². The lowest BCUT2D eigenvalue weighted by Crippen LogP contribution is -2.52. The average Bonchev–Trinajstić information content (AvgIpc) is 3.01. The number of amides is 2. The summed E-state index contributed by atoms with van der Waals surface area (Å²) in [6.45, 7) is 2.43. The molecular formula is C13H18N2O4S. The molecule has 0 radical (unpaired) electrons. The maximum Gasteiger partial charge on any atom is 0.315 e. The summed E-state index contributed by atoms with van der Waals surface area (Å²) in [4.78, 5) is 23.0. The van der Waals surface area contributed by atoms with E-state index in [1.807, 2.05) is 16.8 Å². The number of thiophene rings is 1. The smallest absolute Gasteiger partial charge is 0.315 e. The number of carbonyl (C=O) groups excluding carboxylic acids is 1. The van der Waals surface area contributed by atoms with Crippen molar-refractivity contribution >= 4 is 23.3 Å². The van der Waals surface area contributed by atoms with E-state index in [9.17, 15) is 14.7 Å². The summed E-state index contributed by atoms with van der Waals surface area (Å²) >= 11 is 1.62. The van der Waals surface area contributed by atoms with Gasteiger partial charge in [0, 0.05) is 6.54 Å². The van der Waals surface area contributed by atoms with Gasteiger partial charge in [0.25, 0.3) is 0 Å². The van der Waals surface area contributed by atoms with Gasteiger partial charge in [0.15, 0.2) is 0 Å². The van der Waals surface area contributed by atoms with Crippen LogP contribution in [0.1, 0.15) is 12.5 Å². The molecule has 7 heteroatoms. The van der Waals surface area contributed by atoms with E-state index in [0.717, 1.165) is 6.42 Å². The fraction of sp³-hybridized carbons (Fsp3) is 0.538. The number of hydrogen-bond acceptors (Lipinski definition) is 4. The first-order chi connectivity index (χ1) is 9.52. The van der Waals surface area contributed by atoms with Gasteiger partial charge in [-0.3, -0.25) is 4.79 Å². The molecule has 1 fully saturated rings. The fourth-order valence-electron chi connectivity index (χ4n) is 2.05. The van der Waals surface area contributed by atoms with E-state index in [0.29, 0.717) is 6.54 Å². The Morgan fingerprint density at radius 3 is 3.05 bits per heavy atom. The van der Waals surface area contributed by atoms with Crippen LogP contribution in [0.25, 0.3) is 0 Å². The average molecular weight is 298 g/mol. The van der Waals surface area contributed by atoms with Crippen LogP contribution in [0.4, 0.5) is 4.79 Å². The summed E-state index contributed by atoms with van der Waals surface area (Å²) in [6.07, 6.45) is 0.758. The minimum absolute atomic E-state index is 0.113. The van der Waals surface area contributed by atoms with Gasteiger partial charge in [-0.05, 0) is 35.7 Å². The second kappa shape index (κ2) is 6.23. The van der Waals surface area contributed by atoms with Crippen LogP contribution in [0.3, 0.4) is 0 Å². The maximum absolute atomic E-state index is 11.8. The SMILES string of the molecule is CC1(C(=O)O)COCC1NC(=O)NCCc1ccsc1. The lowest BCUT2D eigenvalue weighted by atomic mass is 9.85. The first kappa shape index (κ1) is 14.8. The van der Waals surface area contributed by atoms with E-state index in [4.69, 9.17) is 4.74 Å². The predicted molar refractivity (Wildman–Crippen MR) is 74.9 cm³/mol. The quantitative estimate of drug-likeness (QED) is 0.759. The predicted octanol–water partition coefficient (Wildman–Crippen LogP) is 1.08. The molecule has 6 nitrogen and oxygen atoms in total. The maximum atomic E-state index is 11.8. The highest BCUT2D eigenvalue weighted by Gasteiger charge is 2.47. The van der Waals surface area contributed by atoms with E-state index in [1.165, 1.54) is 5.56 Å². The first-order valence-corrected chi connectivity index (χ1v) is 7.33. The number of nitrogens with one attached hydrogen (secondary N) is 2. The van der Waals surface area contributed by atoms with Crippen molar-refractivity contribution in [3.05, 3.63) is 22.4 Å². The number of rotatable bonds is 5. The summed E-state index contributed by atoms with van der Waals surface area (Å²) in [5.41, 5.74) is 0.111. The molecule has 0 aliphatic carbocycles. The van der Waals surface area contributed by atoms with Crippen molar-refractivity contribution in [1.29, 1.82) is 0 Å². The highest BCUT2D eigenvalue weighted by atomic mass is 32.1. The van der Waals surface area contributed by atoms with Crippen LogP contribution in [0.5, 0.6) is 0 Å². The van der Waals surface area contributed by atoms with E-state index < -0.39 is 17.4 Å². The molecule has 2 heterocycles. The van der Waals surface area contributed by atoms with Crippen LogP contribution < -0.4 is 10.6 Å². The van der Waals surface area contributed by atoms with Crippen LogP contribution in [-0.2, 0) is 16.0 Å². The number of aliphatic carboxylic acids is 1. The van der Waals surface area contributed by atoms with Crippen molar-refractivity contribution in [1.82, 2.24) is 10.6 Å². The molecule has 2 rings (SSSR count). The Labute approximate surface area is 121 Å². The summed E-state index contributed by atoms with van der Waals surface area (Å²) in [7, 11) is 0. The van der Waals surface area contributed by atoms with Gasteiger partial charge in [-0.1, -0.05) is 0 Å². The van der Waals surface area contributed by atoms with Crippen molar-refractivity contribution in [2.45, 2.75) is 19.4 Å². The zero-order chi connectivity index (χ0) is 14.6. The Hall–Kier alpha value is -1.60. The zero-order valence-corrected chi connectivity index (χ0v) is 12.0. The summed E-state index contributed by atoms with van der Waals surface area (Å²) in [5.74, 6) is -0.960. The number of urea groups is 1. The van der Waals surface area contributed by atoms with Crippen LogP contribution in [0.2, 0.25) is 0 Å². The highest BCUT2D eigenvalue weighted by Crippen LogP contribution is 2.28. The first-order valence-electron chi connectivity index (χ1n) is 6.39. The Kier molecular flexibility index (Phi) is 4.61. The standard InChI is InChI=1S/C13H18N2O4S/c1-13(11(16)17)8-19-6-10(13)15-12(18)14-4-2-9-3-5-20-7-9/h3,5,7,10H,2,4,6,8H2,1H3,(H,16,17)(H2,14,15,18). The molecule has 1 aromatic heterocycles. The number of ether oxygens (including phenoxy) is 1. The third kappa shape index (κ3) is 3.29. The Morgan fingerprint density at radius 1 is 1.60 bits per heavy atom. The minimum Gasteiger partial charge on any atom is -0.481 e. The Balaban J connectivity index is 1.78. The fourth-order valence-corrected chi connectivity index (χ4v) is 2.75. The van der Waals surface area contributed by atoms with Crippen molar-refractivity contribution in [2.24, 2.45) is 5.41 Å². The number of carboxylic acids is 1. The molecular weight excluding hydrogens is 280 g/mol. The lowest BCUT2D eigenvalue weighted by molar-refractivity contribution is -0.148. The van der Waals surface area contributed by atoms with Gasteiger partial charge in [0.1, 0.15) is 5.41 Å². The van der Waals surface area contributed by atoms with Crippen LogP contribution in [0, 0.1) is 5.41 Å². The molecule has 0 aromatic carbocycles. The van der Waals surface area contributed by atoms with Crippen molar-refractivity contribution in [3.63, 3.8) is 0 Å². The molecule has 2 atom stereocenters. The van der Waals surface area contributed by atoms with E-state index in [1.54, 1.807) is 18.3 Å². The molecule has 0 spiro atoms. The molecule has 2 amide bonds. The normalized spacial score (nSPS) is 25.4. The van der Waals surface area contributed by atoms with Crippen molar-refractivity contribution < 1.29 is 19.4 Å². The largest absolute Gasteiger partial charge is 0.481 e. The molecule has 1 aromatic rings. The van der Waals surface area contributed by atoms with Gasteiger partial charge < -0.3 is 20.5 Å². The molecule has 1 aliphatic rings. The molecule has 0 bridgehead atoms. The lowest BCUT2D eigenvalue weighted by Gasteiger charge is -2.25. The van der Waals surface area contributed by atoms with Crippen LogP contribution >= 0.6 is 11.3 Å². The van der Waals surface area contributed by atoms with Gasteiger partial charge in [0.2, 0.25) is 0 Å². The minimum atomic E-state index is -1.06. The second-order valence-corrected chi connectivity index (χ2v) is 5.85. The van der Waals surface area contributed by atoms with Gasteiger partial charge in [0.05, 0.1) is 19.3 Å². The third-order valence-electron chi connectivity index (χ3n) is 3.53. The van der Waals surface area contributed by atoms with Gasteiger partial charge in [-0.2, -0.15) is 11.3 Å². The van der Waals surface area contributed by atoms with E-state index in [-0.39, 0.29) is 19.2 Å². The van der Waals surface area contributed by atoms with E-state index >= 15 is 0 Å². The zero-order valence-electron chi connectivity index (χ0n) is 11.2. The summed E-state index contributed by atoms with van der Waals surface area (Å²) in [6, 6.07) is 1.14. The molecule has 20 heavy (non-hydrogen) atoms. The third-order valence-corrected chi connectivity index (χ3v) is 4.26. The Bertz CT molecular complexity index is 477. The van der Waals surface area contributed by atoms with Gasteiger partial charge in [-0.25, -0.2) is 4.79 Å². The number of carboxylic acid groups (broad SMARTS) is 1. The molecule has 0 saturated carbocycles. The molecule has 110 valence electrons. The molecule has 1 aliphatic heterocycles. The summed E-state index contributed by atoms with van der Waals surface area (Å²) < 4.78 is 5.18. The molecule has 1 saturated heterocycles. The van der Waals surface area contributed by atoms with Gasteiger partial charge >= 0.3 is 12.0 Å². The van der Waals surface area contributed by atoms with Crippen LogP contribution in [-0.4, -0.2) is 42.9 Å². The van der Waals surface area contributed by atoms with Crippen molar-refractivity contribution in [2.75, 3.05) is 19.8 Å². The summed E-state index contributed by atoms with van der Waals surface area (Å²) in [5, 5.41) is 18.6.